The SMILES string of the molecule is N#C/C(=C/Nc1ccc(F)cc1F)C(=O)NCc1ccccc1Cl. The fourth-order valence-corrected chi connectivity index (χ4v) is 2.02. The quantitative estimate of drug-likeness (QED) is 0.639. The monoisotopic (exact) mass is 347 g/mol. The third-order valence-corrected chi connectivity index (χ3v) is 3.43. The lowest BCUT2D eigenvalue weighted by atomic mass is 10.2. The molecule has 4 nitrogen and oxygen atoms in total. The Morgan fingerprint density at radius 3 is 2.67 bits per heavy atom. The first-order chi connectivity index (χ1) is 11.5. The standard InChI is InChI=1S/C17H12ClF2N3O/c18-14-4-2-1-3-11(14)9-23-17(24)12(8-21)10-22-16-6-5-13(19)7-15(16)20/h1-7,10,22H,9H2,(H,23,24)/b12-10-. The number of amides is 1. The van der Waals surface area contributed by atoms with Crippen molar-refractivity contribution in [3.8, 4) is 6.07 Å². The molecule has 2 aromatic rings. The molecule has 2 rings (SSSR count). The van der Waals surface area contributed by atoms with Crippen molar-refractivity contribution in [2.75, 3.05) is 5.32 Å². The van der Waals surface area contributed by atoms with E-state index in [2.05, 4.69) is 10.6 Å². The number of rotatable bonds is 5. The summed E-state index contributed by atoms with van der Waals surface area (Å²) < 4.78 is 26.3. The molecule has 0 aliphatic carbocycles. The normalized spacial score (nSPS) is 10.8. The molecule has 7 heteroatoms. The molecular weight excluding hydrogens is 336 g/mol. The Labute approximate surface area is 142 Å². The van der Waals surface area contributed by atoms with Crippen molar-refractivity contribution < 1.29 is 13.6 Å². The second kappa shape index (κ2) is 8.09. The van der Waals surface area contributed by atoms with E-state index in [-0.39, 0.29) is 17.8 Å². The maximum absolute atomic E-state index is 13.5. The predicted octanol–water partition coefficient (Wildman–Crippen LogP) is 3.75. The Kier molecular flexibility index (Phi) is 5.88. The first-order valence-corrected chi connectivity index (χ1v) is 7.22. The lowest BCUT2D eigenvalue weighted by molar-refractivity contribution is -0.117. The molecule has 0 heterocycles. The number of nitrogens with zero attached hydrogens (tertiary/aromatic N) is 1. The van der Waals surface area contributed by atoms with Crippen molar-refractivity contribution in [1.29, 1.82) is 5.26 Å². The lowest BCUT2D eigenvalue weighted by Gasteiger charge is -2.07. The van der Waals surface area contributed by atoms with Crippen molar-refractivity contribution in [1.82, 2.24) is 5.32 Å². The molecular formula is C17H12ClF2N3O. The molecule has 0 bridgehead atoms. The largest absolute Gasteiger partial charge is 0.358 e. The van der Waals surface area contributed by atoms with E-state index in [4.69, 9.17) is 16.9 Å². The van der Waals surface area contributed by atoms with Crippen molar-refractivity contribution in [2.45, 2.75) is 6.54 Å². The van der Waals surface area contributed by atoms with Crippen LogP contribution in [0, 0.1) is 23.0 Å². The summed E-state index contributed by atoms with van der Waals surface area (Å²) in [4.78, 5) is 12.0. The maximum atomic E-state index is 13.5. The van der Waals surface area contributed by atoms with Gasteiger partial charge in [0, 0.05) is 23.8 Å². The van der Waals surface area contributed by atoms with Crippen molar-refractivity contribution in [3.05, 3.63) is 76.5 Å². The molecule has 0 atom stereocenters. The van der Waals surface area contributed by atoms with Gasteiger partial charge in [-0.15, -0.1) is 0 Å². The number of halogens is 3. The summed E-state index contributed by atoms with van der Waals surface area (Å²) in [6.07, 6.45) is 1.05. The Hall–Kier alpha value is -2.91. The van der Waals surface area contributed by atoms with Crippen molar-refractivity contribution in [3.63, 3.8) is 0 Å². The molecule has 2 aromatic carbocycles. The number of carbonyl (C=O) groups is 1. The Bertz CT molecular complexity index is 831. The predicted molar refractivity (Wildman–Crippen MR) is 87.0 cm³/mol. The topological polar surface area (TPSA) is 64.9 Å². The first-order valence-electron chi connectivity index (χ1n) is 6.84. The Balaban J connectivity index is 2.03. The molecule has 0 aromatic heterocycles. The summed E-state index contributed by atoms with van der Waals surface area (Å²) in [6, 6.07) is 11.6. The summed E-state index contributed by atoms with van der Waals surface area (Å²) in [5.74, 6) is -2.20. The van der Waals surface area contributed by atoms with Gasteiger partial charge in [-0.25, -0.2) is 8.78 Å². The van der Waals surface area contributed by atoms with E-state index in [0.29, 0.717) is 16.7 Å². The number of hydrogen-bond acceptors (Lipinski definition) is 3. The smallest absolute Gasteiger partial charge is 0.263 e. The molecule has 2 N–H and O–H groups in total. The van der Waals surface area contributed by atoms with E-state index in [0.717, 1.165) is 18.3 Å². The highest BCUT2D eigenvalue weighted by Crippen LogP contribution is 2.16. The zero-order chi connectivity index (χ0) is 17.5. The maximum Gasteiger partial charge on any atom is 0.263 e. The fraction of sp³-hybridized carbons (Fsp3) is 0.0588. The van der Waals surface area contributed by atoms with Gasteiger partial charge in [-0.3, -0.25) is 4.79 Å². The minimum atomic E-state index is -0.833. The molecule has 1 amide bonds. The molecule has 0 aliphatic heterocycles. The number of anilines is 1. The Morgan fingerprint density at radius 2 is 2.00 bits per heavy atom. The van der Waals surface area contributed by atoms with Crippen LogP contribution in [0.5, 0.6) is 0 Å². The van der Waals surface area contributed by atoms with Gasteiger partial charge in [-0.1, -0.05) is 29.8 Å². The zero-order valence-corrected chi connectivity index (χ0v) is 13.1. The number of nitriles is 1. The number of carbonyl (C=O) groups excluding carboxylic acids is 1. The molecule has 0 spiro atoms. The molecule has 0 unspecified atom stereocenters. The summed E-state index contributed by atoms with van der Waals surface area (Å²) in [6.45, 7) is 0.141. The number of benzene rings is 2. The van der Waals surface area contributed by atoms with E-state index in [1.165, 1.54) is 0 Å². The van der Waals surface area contributed by atoms with Crippen LogP contribution >= 0.6 is 11.6 Å². The molecule has 24 heavy (non-hydrogen) atoms. The second-order valence-corrected chi connectivity index (χ2v) is 5.12. The summed E-state index contributed by atoms with van der Waals surface area (Å²) >= 11 is 5.98. The van der Waals surface area contributed by atoms with Gasteiger partial charge < -0.3 is 10.6 Å². The molecule has 0 saturated carbocycles. The first kappa shape index (κ1) is 17.4. The van der Waals surface area contributed by atoms with Crippen LogP contribution in [0.2, 0.25) is 5.02 Å². The third-order valence-electron chi connectivity index (χ3n) is 3.07. The van der Waals surface area contributed by atoms with Crippen LogP contribution in [-0.4, -0.2) is 5.91 Å². The van der Waals surface area contributed by atoms with E-state index in [1.807, 2.05) is 0 Å². The van der Waals surface area contributed by atoms with Crippen LogP contribution in [0.15, 0.2) is 54.2 Å². The molecule has 0 radical (unpaired) electrons. The van der Waals surface area contributed by atoms with Crippen molar-refractivity contribution in [2.24, 2.45) is 0 Å². The minimum absolute atomic E-state index is 0.0527. The molecule has 0 saturated heterocycles. The van der Waals surface area contributed by atoms with E-state index >= 15 is 0 Å². The third kappa shape index (κ3) is 4.54. The van der Waals surface area contributed by atoms with Gasteiger partial charge in [-0.05, 0) is 23.8 Å². The average molecular weight is 348 g/mol. The Morgan fingerprint density at radius 1 is 1.25 bits per heavy atom. The zero-order valence-electron chi connectivity index (χ0n) is 12.3. The van der Waals surface area contributed by atoms with E-state index < -0.39 is 17.5 Å². The summed E-state index contributed by atoms with van der Waals surface area (Å²) in [7, 11) is 0. The van der Waals surface area contributed by atoms with E-state index in [9.17, 15) is 13.6 Å². The van der Waals surface area contributed by atoms with Gasteiger partial charge in [0.05, 0.1) is 5.69 Å². The summed E-state index contributed by atoms with van der Waals surface area (Å²) in [5, 5.41) is 14.5. The van der Waals surface area contributed by atoms with E-state index in [1.54, 1.807) is 30.3 Å². The van der Waals surface area contributed by atoms with Gasteiger partial charge >= 0.3 is 0 Å². The summed E-state index contributed by atoms with van der Waals surface area (Å²) in [5.41, 5.74) is 0.385. The van der Waals surface area contributed by atoms with Crippen LogP contribution in [-0.2, 0) is 11.3 Å². The van der Waals surface area contributed by atoms with Crippen molar-refractivity contribution >= 4 is 23.2 Å². The van der Waals surface area contributed by atoms with Gasteiger partial charge in [0.25, 0.3) is 5.91 Å². The lowest BCUT2D eigenvalue weighted by Crippen LogP contribution is -2.24. The highest BCUT2D eigenvalue weighted by molar-refractivity contribution is 6.31. The number of hydrogen-bond donors (Lipinski definition) is 2. The van der Waals surface area contributed by atoms with Crippen LogP contribution in [0.1, 0.15) is 5.56 Å². The molecule has 0 aliphatic rings. The fourth-order valence-electron chi connectivity index (χ4n) is 1.82. The van der Waals surface area contributed by atoms with Crippen LogP contribution < -0.4 is 10.6 Å². The van der Waals surface area contributed by atoms with Gasteiger partial charge in [-0.2, -0.15) is 5.26 Å². The van der Waals surface area contributed by atoms with Crippen LogP contribution in [0.4, 0.5) is 14.5 Å². The molecule has 0 fully saturated rings. The van der Waals surface area contributed by atoms with Crippen LogP contribution in [0.3, 0.4) is 0 Å². The van der Waals surface area contributed by atoms with Crippen LogP contribution in [0.25, 0.3) is 0 Å². The number of nitrogens with one attached hydrogen (secondary N) is 2. The minimum Gasteiger partial charge on any atom is -0.358 e. The highest BCUT2D eigenvalue weighted by atomic mass is 35.5. The van der Waals surface area contributed by atoms with Gasteiger partial charge in [0.15, 0.2) is 0 Å². The highest BCUT2D eigenvalue weighted by Gasteiger charge is 2.10. The second-order valence-electron chi connectivity index (χ2n) is 4.71. The average Bonchev–Trinajstić information content (AvgIpc) is 2.56. The molecule has 122 valence electrons. The van der Waals surface area contributed by atoms with Gasteiger partial charge in [0.2, 0.25) is 0 Å². The van der Waals surface area contributed by atoms with Gasteiger partial charge in [0.1, 0.15) is 23.3 Å².